The van der Waals surface area contributed by atoms with Crippen molar-refractivity contribution in [1.29, 1.82) is 0 Å². The van der Waals surface area contributed by atoms with Gasteiger partial charge in [0, 0.05) is 24.1 Å². The van der Waals surface area contributed by atoms with Crippen molar-refractivity contribution in [2.24, 2.45) is 0 Å². The van der Waals surface area contributed by atoms with Gasteiger partial charge in [-0.05, 0) is 25.1 Å². The predicted octanol–water partition coefficient (Wildman–Crippen LogP) is 0.999. The summed E-state index contributed by atoms with van der Waals surface area (Å²) in [5.41, 5.74) is 1.67. The zero-order chi connectivity index (χ0) is 13.9. The first kappa shape index (κ1) is 12.8. The predicted molar refractivity (Wildman–Crippen MR) is 74.7 cm³/mol. The van der Waals surface area contributed by atoms with E-state index < -0.39 is 0 Å². The van der Waals surface area contributed by atoms with Crippen LogP contribution in [0, 0.1) is 6.92 Å². The van der Waals surface area contributed by atoms with E-state index in [9.17, 15) is 4.79 Å². The molecule has 1 saturated heterocycles. The molecule has 0 amide bonds. The van der Waals surface area contributed by atoms with E-state index >= 15 is 0 Å². The molecule has 2 aromatic heterocycles. The lowest BCUT2D eigenvalue weighted by atomic mass is 10.1. The number of nitrogens with zero attached hydrogens (tertiary/aromatic N) is 3. The third-order valence-corrected chi connectivity index (χ3v) is 3.36. The van der Waals surface area contributed by atoms with Gasteiger partial charge in [0.2, 0.25) is 0 Å². The Hall–Kier alpha value is -2.21. The van der Waals surface area contributed by atoms with E-state index in [4.69, 9.17) is 4.74 Å². The van der Waals surface area contributed by atoms with Crippen molar-refractivity contribution in [3.05, 3.63) is 52.7 Å². The molecule has 1 aliphatic heterocycles. The first-order chi connectivity index (χ1) is 9.74. The third-order valence-electron chi connectivity index (χ3n) is 3.36. The molecule has 1 N–H and O–H groups in total. The second-order valence-electron chi connectivity index (χ2n) is 4.85. The lowest BCUT2D eigenvalue weighted by molar-refractivity contribution is 0.182. The van der Waals surface area contributed by atoms with Crippen LogP contribution in [0.15, 0.2) is 41.5 Å². The van der Waals surface area contributed by atoms with Crippen LogP contribution < -0.4 is 10.9 Å². The summed E-state index contributed by atoms with van der Waals surface area (Å²) in [4.78, 5) is 15.9. The molecule has 0 spiro atoms. The maximum Gasteiger partial charge on any atom is 0.267 e. The van der Waals surface area contributed by atoms with Crippen LogP contribution in [-0.2, 0) is 4.74 Å². The summed E-state index contributed by atoms with van der Waals surface area (Å²) in [5.74, 6) is 0. The molecule has 0 aromatic carbocycles. The van der Waals surface area contributed by atoms with Crippen LogP contribution in [-0.4, -0.2) is 34.0 Å². The van der Waals surface area contributed by atoms with Crippen LogP contribution in [0.1, 0.15) is 11.7 Å². The number of hydrogen-bond acceptors (Lipinski definition) is 5. The molecule has 2 unspecified atom stereocenters. The summed E-state index contributed by atoms with van der Waals surface area (Å²) in [5, 5.41) is 7.69. The fourth-order valence-corrected chi connectivity index (χ4v) is 2.34. The molecule has 1 fully saturated rings. The molecule has 3 rings (SSSR count). The van der Waals surface area contributed by atoms with Gasteiger partial charge >= 0.3 is 0 Å². The minimum atomic E-state index is -0.104. The highest BCUT2D eigenvalue weighted by molar-refractivity contribution is 5.42. The normalized spacial score (nSPS) is 21.9. The zero-order valence-electron chi connectivity index (χ0n) is 11.2. The molecule has 6 nitrogen and oxygen atoms in total. The summed E-state index contributed by atoms with van der Waals surface area (Å²) in [6, 6.07) is 6.97. The number of aryl methyl sites for hydroxylation is 1. The molecular formula is C14H16N4O2. The molecule has 2 aromatic rings. The fourth-order valence-electron chi connectivity index (χ4n) is 2.34. The smallest absolute Gasteiger partial charge is 0.267 e. The zero-order valence-corrected chi connectivity index (χ0v) is 11.2. The van der Waals surface area contributed by atoms with Crippen LogP contribution in [0.25, 0.3) is 0 Å². The maximum atomic E-state index is 12.0. The monoisotopic (exact) mass is 272 g/mol. The standard InChI is InChI=1S/C14H16N4O2/c1-10-2-3-14(19)18(17-10)13-9-20-8-12(13)16-11-4-6-15-7-5-11/h2-7,12-13H,8-9H2,1H3,(H,15,16). The molecule has 2 atom stereocenters. The molecule has 0 radical (unpaired) electrons. The van der Waals surface area contributed by atoms with E-state index in [-0.39, 0.29) is 17.6 Å². The summed E-state index contributed by atoms with van der Waals surface area (Å²) in [6.45, 7) is 2.91. The minimum Gasteiger partial charge on any atom is -0.378 e. The van der Waals surface area contributed by atoms with Crippen molar-refractivity contribution in [3.63, 3.8) is 0 Å². The van der Waals surface area contributed by atoms with Gasteiger partial charge in [-0.15, -0.1) is 0 Å². The van der Waals surface area contributed by atoms with E-state index in [1.165, 1.54) is 4.68 Å². The van der Waals surface area contributed by atoms with Gasteiger partial charge in [-0.2, -0.15) is 5.10 Å². The molecular weight excluding hydrogens is 256 g/mol. The van der Waals surface area contributed by atoms with Crippen molar-refractivity contribution < 1.29 is 4.74 Å². The lowest BCUT2D eigenvalue weighted by Gasteiger charge is -2.21. The molecule has 20 heavy (non-hydrogen) atoms. The Bertz CT molecular complexity index is 641. The number of ether oxygens (including phenoxy) is 1. The Balaban J connectivity index is 1.85. The van der Waals surface area contributed by atoms with Gasteiger partial charge < -0.3 is 10.1 Å². The molecule has 104 valence electrons. The van der Waals surface area contributed by atoms with E-state index in [1.54, 1.807) is 24.5 Å². The number of nitrogens with one attached hydrogen (secondary N) is 1. The quantitative estimate of drug-likeness (QED) is 0.902. The highest BCUT2D eigenvalue weighted by Crippen LogP contribution is 2.21. The van der Waals surface area contributed by atoms with Crippen molar-refractivity contribution in [1.82, 2.24) is 14.8 Å². The molecule has 0 aliphatic carbocycles. The molecule has 6 heteroatoms. The Morgan fingerprint density at radius 2 is 2.05 bits per heavy atom. The maximum absolute atomic E-state index is 12.0. The average Bonchev–Trinajstić information content (AvgIpc) is 2.91. The van der Waals surface area contributed by atoms with E-state index in [1.807, 2.05) is 19.1 Å². The SMILES string of the molecule is Cc1ccc(=O)n(C2COCC2Nc2ccncc2)n1. The first-order valence-corrected chi connectivity index (χ1v) is 6.55. The Morgan fingerprint density at radius 1 is 1.25 bits per heavy atom. The largest absolute Gasteiger partial charge is 0.378 e. The number of hydrogen-bond donors (Lipinski definition) is 1. The summed E-state index contributed by atoms with van der Waals surface area (Å²) in [6.07, 6.45) is 3.45. The lowest BCUT2D eigenvalue weighted by Crippen LogP contribution is -2.37. The number of rotatable bonds is 3. The van der Waals surface area contributed by atoms with Crippen LogP contribution in [0.3, 0.4) is 0 Å². The highest BCUT2D eigenvalue weighted by Gasteiger charge is 2.31. The number of anilines is 1. The molecule has 0 bridgehead atoms. The Kier molecular flexibility index (Phi) is 3.47. The van der Waals surface area contributed by atoms with E-state index in [0.29, 0.717) is 13.2 Å². The van der Waals surface area contributed by atoms with Gasteiger partial charge in [0.25, 0.3) is 5.56 Å². The van der Waals surface area contributed by atoms with Crippen LogP contribution in [0.5, 0.6) is 0 Å². The van der Waals surface area contributed by atoms with Crippen molar-refractivity contribution >= 4 is 5.69 Å². The molecule has 0 saturated carbocycles. The second kappa shape index (κ2) is 5.42. The molecule has 3 heterocycles. The third kappa shape index (κ3) is 2.55. The van der Waals surface area contributed by atoms with Gasteiger partial charge in [0.1, 0.15) is 6.04 Å². The summed E-state index contributed by atoms with van der Waals surface area (Å²) in [7, 11) is 0. The molecule has 1 aliphatic rings. The second-order valence-corrected chi connectivity index (χ2v) is 4.85. The summed E-state index contributed by atoms with van der Waals surface area (Å²) < 4.78 is 7.03. The minimum absolute atomic E-state index is 0.0180. The summed E-state index contributed by atoms with van der Waals surface area (Å²) >= 11 is 0. The van der Waals surface area contributed by atoms with Crippen LogP contribution in [0.4, 0.5) is 5.69 Å². The Labute approximate surface area is 116 Å². The van der Waals surface area contributed by atoms with Gasteiger partial charge in [-0.25, -0.2) is 4.68 Å². The van der Waals surface area contributed by atoms with Gasteiger partial charge in [0.05, 0.1) is 24.9 Å². The van der Waals surface area contributed by atoms with E-state index in [0.717, 1.165) is 11.4 Å². The van der Waals surface area contributed by atoms with Crippen molar-refractivity contribution in [2.75, 3.05) is 18.5 Å². The van der Waals surface area contributed by atoms with Crippen molar-refractivity contribution in [3.8, 4) is 0 Å². The highest BCUT2D eigenvalue weighted by atomic mass is 16.5. The number of aromatic nitrogens is 3. The van der Waals surface area contributed by atoms with E-state index in [2.05, 4.69) is 15.4 Å². The number of pyridine rings is 1. The fraction of sp³-hybridized carbons (Fsp3) is 0.357. The van der Waals surface area contributed by atoms with Crippen LogP contribution >= 0.6 is 0 Å². The topological polar surface area (TPSA) is 69.0 Å². The van der Waals surface area contributed by atoms with Crippen molar-refractivity contribution in [2.45, 2.75) is 19.0 Å². The first-order valence-electron chi connectivity index (χ1n) is 6.55. The van der Waals surface area contributed by atoms with Gasteiger partial charge in [-0.3, -0.25) is 9.78 Å². The van der Waals surface area contributed by atoms with Gasteiger partial charge in [-0.1, -0.05) is 0 Å². The Morgan fingerprint density at radius 3 is 2.85 bits per heavy atom. The average molecular weight is 272 g/mol. The van der Waals surface area contributed by atoms with Crippen LogP contribution in [0.2, 0.25) is 0 Å². The van der Waals surface area contributed by atoms with Gasteiger partial charge in [0.15, 0.2) is 0 Å².